The molecule has 2 atom stereocenters. The predicted octanol–water partition coefficient (Wildman–Crippen LogP) is 1.90. The Morgan fingerprint density at radius 1 is 1.44 bits per heavy atom. The second-order valence-corrected chi connectivity index (χ2v) is 2.28. The Hall–Kier alpha value is -0.110. The first-order valence-corrected chi connectivity index (χ1v) is 3.54. The van der Waals surface area contributed by atoms with Crippen LogP contribution in [0, 0.1) is 0 Å². The molecule has 0 rings (SSSR count). The fraction of sp³-hybridized carbons (Fsp3) is 1.00. The summed E-state index contributed by atoms with van der Waals surface area (Å²) in [6.07, 6.45) is 0.0407. The van der Waals surface area contributed by atoms with Gasteiger partial charge in [-0.2, -0.15) is 0 Å². The largest absolute Gasteiger partial charge is 0.390 e. The van der Waals surface area contributed by atoms with Gasteiger partial charge in [-0.25, -0.2) is 4.39 Å². The normalized spacial score (nSPS) is 17.3. The minimum absolute atomic E-state index is 0.481. The van der Waals surface area contributed by atoms with E-state index >= 15 is 0 Å². The number of rotatable bonds is 4. The summed E-state index contributed by atoms with van der Waals surface area (Å²) in [6, 6.07) is 0. The van der Waals surface area contributed by atoms with Crippen LogP contribution in [-0.2, 0) is 0 Å². The van der Waals surface area contributed by atoms with Crippen molar-refractivity contribution in [3.63, 3.8) is 0 Å². The van der Waals surface area contributed by atoms with E-state index in [1.54, 1.807) is 6.92 Å². The fourth-order valence-corrected chi connectivity index (χ4v) is 0.724. The van der Waals surface area contributed by atoms with Crippen LogP contribution in [0.25, 0.3) is 0 Å². The number of aliphatic hydroxyl groups excluding tert-OH is 1. The fourth-order valence-electron chi connectivity index (χ4n) is 0.724. The summed E-state index contributed by atoms with van der Waals surface area (Å²) in [6.45, 7) is 3.70. The number of hydrogen-bond acceptors (Lipinski definition) is 1. The van der Waals surface area contributed by atoms with Crippen molar-refractivity contribution in [1.82, 2.24) is 0 Å². The smallest absolute Gasteiger partial charge is 0.126 e. The number of aliphatic hydroxyl groups is 1. The van der Waals surface area contributed by atoms with E-state index in [9.17, 15) is 4.39 Å². The van der Waals surface area contributed by atoms with Crippen LogP contribution in [0.1, 0.15) is 33.1 Å². The Balaban J connectivity index is 3.32. The van der Waals surface area contributed by atoms with Gasteiger partial charge in [-0.1, -0.05) is 20.3 Å². The summed E-state index contributed by atoms with van der Waals surface area (Å²) < 4.78 is 12.5. The zero-order valence-electron chi connectivity index (χ0n) is 6.10. The van der Waals surface area contributed by atoms with Crippen molar-refractivity contribution in [3.8, 4) is 0 Å². The molecule has 1 N–H and O–H groups in total. The highest BCUT2D eigenvalue weighted by Crippen LogP contribution is 2.08. The Bertz CT molecular complexity index is 65.9. The van der Waals surface area contributed by atoms with Gasteiger partial charge in [0.2, 0.25) is 0 Å². The summed E-state index contributed by atoms with van der Waals surface area (Å²) in [5, 5.41) is 8.88. The van der Waals surface area contributed by atoms with Crippen LogP contribution >= 0.6 is 0 Å². The third-order valence-corrected chi connectivity index (χ3v) is 1.40. The van der Waals surface area contributed by atoms with Gasteiger partial charge in [0.25, 0.3) is 0 Å². The molecule has 56 valence electrons. The molecule has 0 aromatic carbocycles. The predicted molar refractivity (Wildman–Crippen MR) is 36.1 cm³/mol. The molecule has 0 aromatic rings. The SMILES string of the molecule is CCCC(F)C(O)CC. The van der Waals surface area contributed by atoms with E-state index in [1.165, 1.54) is 0 Å². The highest BCUT2D eigenvalue weighted by molar-refractivity contribution is 4.64. The summed E-state index contributed by atoms with van der Waals surface area (Å²) in [4.78, 5) is 0. The minimum Gasteiger partial charge on any atom is -0.390 e. The van der Waals surface area contributed by atoms with E-state index in [0.717, 1.165) is 6.42 Å². The molecule has 0 heterocycles. The number of alkyl halides is 1. The molecular formula is C7H15FO. The molecule has 0 saturated carbocycles. The van der Waals surface area contributed by atoms with E-state index in [2.05, 4.69) is 0 Å². The van der Waals surface area contributed by atoms with Gasteiger partial charge in [0, 0.05) is 0 Å². The lowest BCUT2D eigenvalue weighted by atomic mass is 10.1. The number of hydrogen-bond donors (Lipinski definition) is 1. The first kappa shape index (κ1) is 8.89. The first-order chi connectivity index (χ1) is 4.22. The molecular weight excluding hydrogens is 119 g/mol. The van der Waals surface area contributed by atoms with Crippen LogP contribution in [-0.4, -0.2) is 17.4 Å². The average molecular weight is 134 g/mol. The van der Waals surface area contributed by atoms with Gasteiger partial charge in [0.1, 0.15) is 6.17 Å². The first-order valence-electron chi connectivity index (χ1n) is 3.54. The molecule has 0 aliphatic carbocycles. The van der Waals surface area contributed by atoms with Gasteiger partial charge >= 0.3 is 0 Å². The highest BCUT2D eigenvalue weighted by Gasteiger charge is 2.13. The molecule has 0 aliphatic heterocycles. The minimum atomic E-state index is -1.01. The zero-order valence-corrected chi connectivity index (χ0v) is 6.10. The van der Waals surface area contributed by atoms with E-state index in [4.69, 9.17) is 5.11 Å². The highest BCUT2D eigenvalue weighted by atomic mass is 19.1. The molecule has 9 heavy (non-hydrogen) atoms. The molecule has 0 bridgehead atoms. The van der Waals surface area contributed by atoms with E-state index in [1.807, 2.05) is 6.92 Å². The molecule has 1 nitrogen and oxygen atoms in total. The van der Waals surface area contributed by atoms with Crippen molar-refractivity contribution in [3.05, 3.63) is 0 Å². The topological polar surface area (TPSA) is 20.2 Å². The third kappa shape index (κ3) is 3.46. The summed E-state index contributed by atoms with van der Waals surface area (Å²) in [5.41, 5.74) is 0. The second kappa shape index (κ2) is 4.74. The Labute approximate surface area is 55.9 Å². The van der Waals surface area contributed by atoms with Crippen LogP contribution in [0.2, 0.25) is 0 Å². The van der Waals surface area contributed by atoms with Crippen LogP contribution in [0.3, 0.4) is 0 Å². The van der Waals surface area contributed by atoms with Gasteiger partial charge in [0.05, 0.1) is 6.10 Å². The van der Waals surface area contributed by atoms with Crippen molar-refractivity contribution < 1.29 is 9.50 Å². The molecule has 0 fully saturated rings. The van der Waals surface area contributed by atoms with Gasteiger partial charge in [-0.3, -0.25) is 0 Å². The maximum absolute atomic E-state index is 12.5. The Kier molecular flexibility index (Phi) is 4.68. The average Bonchev–Trinajstić information content (AvgIpc) is 1.87. The van der Waals surface area contributed by atoms with Crippen LogP contribution < -0.4 is 0 Å². The standard InChI is InChI=1S/C7H15FO/c1-3-5-6(8)7(9)4-2/h6-7,9H,3-5H2,1-2H3. The summed E-state index contributed by atoms with van der Waals surface area (Å²) >= 11 is 0. The molecule has 0 saturated heterocycles. The monoisotopic (exact) mass is 134 g/mol. The molecule has 2 unspecified atom stereocenters. The van der Waals surface area contributed by atoms with E-state index in [-0.39, 0.29) is 0 Å². The Morgan fingerprint density at radius 3 is 2.33 bits per heavy atom. The van der Waals surface area contributed by atoms with Crippen LogP contribution in [0.4, 0.5) is 4.39 Å². The quantitative estimate of drug-likeness (QED) is 0.622. The lowest BCUT2D eigenvalue weighted by Crippen LogP contribution is -2.20. The Morgan fingerprint density at radius 2 is 2.00 bits per heavy atom. The molecule has 0 aliphatic rings. The van der Waals surface area contributed by atoms with Crippen molar-refractivity contribution in [2.24, 2.45) is 0 Å². The molecule has 0 radical (unpaired) electrons. The molecule has 0 aromatic heterocycles. The van der Waals surface area contributed by atoms with Gasteiger partial charge < -0.3 is 5.11 Å². The van der Waals surface area contributed by atoms with Crippen LogP contribution in [0.5, 0.6) is 0 Å². The van der Waals surface area contributed by atoms with Gasteiger partial charge in [-0.15, -0.1) is 0 Å². The third-order valence-electron chi connectivity index (χ3n) is 1.40. The summed E-state index contributed by atoms with van der Waals surface area (Å²) in [5.74, 6) is 0. The van der Waals surface area contributed by atoms with Gasteiger partial charge in [-0.05, 0) is 12.8 Å². The van der Waals surface area contributed by atoms with Crippen molar-refractivity contribution in [2.45, 2.75) is 45.4 Å². The molecule has 0 amide bonds. The zero-order chi connectivity index (χ0) is 7.28. The number of halogens is 1. The van der Waals surface area contributed by atoms with Crippen LogP contribution in [0.15, 0.2) is 0 Å². The van der Waals surface area contributed by atoms with Crippen molar-refractivity contribution >= 4 is 0 Å². The van der Waals surface area contributed by atoms with E-state index in [0.29, 0.717) is 12.8 Å². The lowest BCUT2D eigenvalue weighted by molar-refractivity contribution is 0.0693. The summed E-state index contributed by atoms with van der Waals surface area (Å²) in [7, 11) is 0. The molecule has 2 heteroatoms. The second-order valence-electron chi connectivity index (χ2n) is 2.28. The maximum Gasteiger partial charge on any atom is 0.126 e. The molecule has 0 spiro atoms. The van der Waals surface area contributed by atoms with Crippen molar-refractivity contribution in [1.29, 1.82) is 0 Å². The van der Waals surface area contributed by atoms with Gasteiger partial charge in [0.15, 0.2) is 0 Å². The van der Waals surface area contributed by atoms with E-state index < -0.39 is 12.3 Å². The van der Waals surface area contributed by atoms with Crippen molar-refractivity contribution in [2.75, 3.05) is 0 Å². The lowest BCUT2D eigenvalue weighted by Gasteiger charge is -2.11. The maximum atomic E-state index is 12.5.